The highest BCUT2D eigenvalue weighted by atomic mass is 32.2. The molecule has 1 heterocycles. The van der Waals surface area contributed by atoms with Gasteiger partial charge in [-0.25, -0.2) is 13.4 Å². The summed E-state index contributed by atoms with van der Waals surface area (Å²) in [5, 5.41) is 2.25. The molecule has 0 aliphatic carbocycles. The van der Waals surface area contributed by atoms with Gasteiger partial charge in [0.05, 0.1) is 21.2 Å². The number of aromatic nitrogens is 2. The Morgan fingerprint density at radius 1 is 0.967 bits per heavy atom. The topological polar surface area (TPSA) is 91.9 Å². The van der Waals surface area contributed by atoms with Crippen molar-refractivity contribution in [3.8, 4) is 11.4 Å². The first-order chi connectivity index (χ1) is 14.3. The second-order valence-electron chi connectivity index (χ2n) is 7.26. The maximum atomic E-state index is 12.6. The number of sulfone groups is 1. The summed E-state index contributed by atoms with van der Waals surface area (Å²) >= 11 is 0. The fraction of sp³-hybridized carbons (Fsp3) is 0.130. The molecule has 3 aromatic carbocycles. The zero-order valence-corrected chi connectivity index (χ0v) is 17.4. The van der Waals surface area contributed by atoms with Crippen LogP contribution in [0.1, 0.15) is 24.2 Å². The van der Waals surface area contributed by atoms with Crippen LogP contribution in [0.4, 0.5) is 5.69 Å². The molecule has 6 nitrogen and oxygen atoms in total. The number of hydrogen-bond acceptors (Lipinski definition) is 4. The van der Waals surface area contributed by atoms with Crippen molar-refractivity contribution in [2.75, 3.05) is 5.32 Å². The molecule has 0 radical (unpaired) electrons. The summed E-state index contributed by atoms with van der Waals surface area (Å²) in [5.41, 5.74) is 3.64. The van der Waals surface area contributed by atoms with Gasteiger partial charge in [-0.3, -0.25) is 4.79 Å². The molecule has 0 saturated carbocycles. The van der Waals surface area contributed by atoms with E-state index in [-0.39, 0.29) is 16.4 Å². The van der Waals surface area contributed by atoms with Crippen LogP contribution in [0.15, 0.2) is 77.7 Å². The Balaban J connectivity index is 1.53. The lowest BCUT2D eigenvalue weighted by Gasteiger charge is -2.10. The van der Waals surface area contributed by atoms with Crippen molar-refractivity contribution in [3.05, 3.63) is 78.4 Å². The summed E-state index contributed by atoms with van der Waals surface area (Å²) in [6.45, 7) is 3.23. The van der Waals surface area contributed by atoms with Gasteiger partial charge in [-0.1, -0.05) is 18.2 Å². The van der Waals surface area contributed by atoms with Gasteiger partial charge in [0, 0.05) is 16.8 Å². The quantitative estimate of drug-likeness (QED) is 0.492. The third-order valence-electron chi connectivity index (χ3n) is 4.85. The molecule has 4 rings (SSSR count). The Labute approximate surface area is 174 Å². The number of carbonyl (C=O) groups is 1. The van der Waals surface area contributed by atoms with Gasteiger partial charge in [0.2, 0.25) is 0 Å². The molecule has 0 fully saturated rings. The Kier molecular flexibility index (Phi) is 5.13. The van der Waals surface area contributed by atoms with Crippen LogP contribution in [-0.2, 0) is 9.84 Å². The van der Waals surface area contributed by atoms with Gasteiger partial charge in [-0.2, -0.15) is 0 Å². The van der Waals surface area contributed by atoms with E-state index in [4.69, 9.17) is 0 Å². The number of carbonyl (C=O) groups excluding carboxylic acids is 1. The highest BCUT2D eigenvalue weighted by molar-refractivity contribution is 7.92. The highest BCUT2D eigenvalue weighted by Gasteiger charge is 2.20. The number of rotatable bonds is 5. The van der Waals surface area contributed by atoms with Gasteiger partial charge in [0.15, 0.2) is 9.84 Å². The number of benzene rings is 3. The Hall–Kier alpha value is -3.45. The predicted molar refractivity (Wildman–Crippen MR) is 118 cm³/mol. The van der Waals surface area contributed by atoms with Gasteiger partial charge in [-0.05, 0) is 68.4 Å². The standard InChI is InChI=1S/C23H21N3O3S/c1-15(2)30(28,29)19-7-5-6-17(14-19)23(27)24-18-12-10-16(11-13-18)22-25-20-8-3-4-9-21(20)26-22/h3-15H,1-2H3,(H,24,27)(H,25,26). The van der Waals surface area contributed by atoms with Crippen LogP contribution in [0.3, 0.4) is 0 Å². The van der Waals surface area contributed by atoms with Crippen molar-refractivity contribution < 1.29 is 13.2 Å². The molecular weight excluding hydrogens is 398 g/mol. The molecule has 4 aromatic rings. The maximum absolute atomic E-state index is 12.6. The second kappa shape index (κ2) is 7.76. The number of para-hydroxylation sites is 2. The van der Waals surface area contributed by atoms with Crippen LogP contribution in [0.2, 0.25) is 0 Å². The number of fused-ring (bicyclic) bond motifs is 1. The van der Waals surface area contributed by atoms with E-state index in [2.05, 4.69) is 15.3 Å². The molecule has 0 aliphatic rings. The molecule has 1 amide bonds. The molecule has 0 atom stereocenters. The van der Waals surface area contributed by atoms with E-state index < -0.39 is 15.1 Å². The summed E-state index contributed by atoms with van der Waals surface area (Å²) in [4.78, 5) is 20.6. The predicted octanol–water partition coefficient (Wildman–Crippen LogP) is 4.66. The Morgan fingerprint density at radius 3 is 2.40 bits per heavy atom. The molecule has 7 heteroatoms. The van der Waals surface area contributed by atoms with Crippen LogP contribution in [0.25, 0.3) is 22.4 Å². The normalized spacial score (nSPS) is 11.7. The van der Waals surface area contributed by atoms with Crippen molar-refractivity contribution in [2.45, 2.75) is 24.0 Å². The molecule has 0 unspecified atom stereocenters. The Bertz CT molecular complexity index is 1290. The van der Waals surface area contributed by atoms with E-state index in [0.717, 1.165) is 22.4 Å². The fourth-order valence-electron chi connectivity index (χ4n) is 3.09. The first-order valence-electron chi connectivity index (χ1n) is 9.55. The largest absolute Gasteiger partial charge is 0.338 e. The van der Waals surface area contributed by atoms with Crippen LogP contribution >= 0.6 is 0 Å². The van der Waals surface area contributed by atoms with Gasteiger partial charge >= 0.3 is 0 Å². The van der Waals surface area contributed by atoms with E-state index in [9.17, 15) is 13.2 Å². The van der Waals surface area contributed by atoms with E-state index in [1.807, 2.05) is 36.4 Å². The van der Waals surface area contributed by atoms with Crippen molar-refractivity contribution in [3.63, 3.8) is 0 Å². The average molecular weight is 420 g/mol. The molecule has 30 heavy (non-hydrogen) atoms. The SMILES string of the molecule is CC(C)S(=O)(=O)c1cccc(C(=O)Nc2ccc(-c3nc4ccccc4[nH]3)cc2)c1. The lowest BCUT2D eigenvalue weighted by atomic mass is 10.1. The Morgan fingerprint density at radius 2 is 1.70 bits per heavy atom. The molecule has 0 bridgehead atoms. The summed E-state index contributed by atoms with van der Waals surface area (Å²) in [6, 6.07) is 21.2. The number of imidazole rings is 1. The third kappa shape index (κ3) is 3.84. The van der Waals surface area contributed by atoms with Crippen LogP contribution < -0.4 is 5.32 Å². The highest BCUT2D eigenvalue weighted by Crippen LogP contribution is 2.23. The van der Waals surface area contributed by atoms with E-state index in [0.29, 0.717) is 5.69 Å². The molecule has 0 saturated heterocycles. The molecule has 1 aromatic heterocycles. The first kappa shape index (κ1) is 19.8. The van der Waals surface area contributed by atoms with Gasteiger partial charge in [-0.15, -0.1) is 0 Å². The summed E-state index contributed by atoms with van der Waals surface area (Å²) < 4.78 is 24.7. The van der Waals surface area contributed by atoms with Crippen molar-refractivity contribution in [2.24, 2.45) is 0 Å². The van der Waals surface area contributed by atoms with E-state index in [1.54, 1.807) is 38.1 Å². The number of amides is 1. The lowest BCUT2D eigenvalue weighted by Crippen LogP contribution is -2.16. The lowest BCUT2D eigenvalue weighted by molar-refractivity contribution is 0.102. The molecule has 152 valence electrons. The average Bonchev–Trinajstić information content (AvgIpc) is 3.18. The minimum atomic E-state index is -3.44. The summed E-state index contributed by atoms with van der Waals surface area (Å²) in [5.74, 6) is 0.382. The number of H-pyrrole nitrogens is 1. The monoisotopic (exact) mass is 419 g/mol. The summed E-state index contributed by atoms with van der Waals surface area (Å²) in [6.07, 6.45) is 0. The van der Waals surface area contributed by atoms with Crippen LogP contribution in [0, 0.1) is 0 Å². The molecular formula is C23H21N3O3S. The van der Waals surface area contributed by atoms with Crippen LogP contribution in [-0.4, -0.2) is 29.5 Å². The molecule has 0 aliphatic heterocycles. The minimum absolute atomic E-state index is 0.144. The maximum Gasteiger partial charge on any atom is 0.255 e. The smallest absolute Gasteiger partial charge is 0.255 e. The zero-order chi connectivity index (χ0) is 21.3. The zero-order valence-electron chi connectivity index (χ0n) is 16.6. The van der Waals surface area contributed by atoms with Crippen LogP contribution in [0.5, 0.6) is 0 Å². The second-order valence-corrected chi connectivity index (χ2v) is 9.76. The van der Waals surface area contributed by atoms with Crippen molar-refractivity contribution in [1.82, 2.24) is 9.97 Å². The number of anilines is 1. The number of aromatic amines is 1. The minimum Gasteiger partial charge on any atom is -0.338 e. The number of hydrogen-bond donors (Lipinski definition) is 2. The van der Waals surface area contributed by atoms with E-state index >= 15 is 0 Å². The first-order valence-corrected chi connectivity index (χ1v) is 11.1. The number of nitrogens with one attached hydrogen (secondary N) is 2. The summed E-state index contributed by atoms with van der Waals surface area (Å²) in [7, 11) is -3.44. The van der Waals surface area contributed by atoms with Gasteiger partial charge in [0.25, 0.3) is 5.91 Å². The van der Waals surface area contributed by atoms with Crippen molar-refractivity contribution in [1.29, 1.82) is 0 Å². The van der Waals surface area contributed by atoms with Gasteiger partial charge < -0.3 is 10.3 Å². The number of nitrogens with zero attached hydrogens (tertiary/aromatic N) is 1. The molecule has 2 N–H and O–H groups in total. The van der Waals surface area contributed by atoms with Crippen molar-refractivity contribution >= 4 is 32.5 Å². The fourth-order valence-corrected chi connectivity index (χ4v) is 4.19. The van der Waals surface area contributed by atoms with E-state index in [1.165, 1.54) is 12.1 Å². The van der Waals surface area contributed by atoms with Gasteiger partial charge in [0.1, 0.15) is 5.82 Å². The third-order valence-corrected chi connectivity index (χ3v) is 7.00. The molecule has 0 spiro atoms.